The molecule has 12 nitrogen and oxygen atoms in total. The van der Waals surface area contributed by atoms with Crippen LogP contribution in [0.3, 0.4) is 0 Å². The summed E-state index contributed by atoms with van der Waals surface area (Å²) in [6.45, 7) is 5.47. The first-order valence-corrected chi connectivity index (χ1v) is 14.2. The summed E-state index contributed by atoms with van der Waals surface area (Å²) in [7, 11) is 0. The molecule has 1 aliphatic rings. The van der Waals surface area contributed by atoms with Crippen molar-refractivity contribution in [2.45, 2.75) is 51.5 Å². The Morgan fingerprint density at radius 3 is 2.90 bits per heavy atom. The topological polar surface area (TPSA) is 154 Å². The van der Waals surface area contributed by atoms with Crippen molar-refractivity contribution in [1.29, 1.82) is 0 Å². The number of fused-ring (bicyclic) bond motifs is 2. The molecule has 4 aromatic heterocycles. The van der Waals surface area contributed by atoms with Crippen molar-refractivity contribution in [1.82, 2.24) is 35.0 Å². The van der Waals surface area contributed by atoms with E-state index in [2.05, 4.69) is 52.8 Å². The monoisotopic (exact) mass is 559 g/mol. The highest BCUT2D eigenvalue weighted by Crippen LogP contribution is 2.21. The second-order valence-electron chi connectivity index (χ2n) is 10.3. The molecule has 0 saturated heterocycles. The van der Waals surface area contributed by atoms with Crippen LogP contribution in [0.4, 0.5) is 11.6 Å². The van der Waals surface area contributed by atoms with E-state index < -0.39 is 12.0 Å². The van der Waals surface area contributed by atoms with Crippen LogP contribution < -0.4 is 15.4 Å². The van der Waals surface area contributed by atoms with Crippen LogP contribution >= 0.6 is 0 Å². The van der Waals surface area contributed by atoms with E-state index in [0.717, 1.165) is 68.1 Å². The van der Waals surface area contributed by atoms with Gasteiger partial charge < -0.3 is 20.5 Å². The van der Waals surface area contributed by atoms with Crippen molar-refractivity contribution < 1.29 is 14.6 Å². The fourth-order valence-electron chi connectivity index (χ4n) is 4.93. The molecule has 1 unspecified atom stereocenters. The van der Waals surface area contributed by atoms with Gasteiger partial charge in [-0.2, -0.15) is 5.10 Å². The Morgan fingerprint density at radius 1 is 1.12 bits per heavy atom. The third kappa shape index (κ3) is 7.88. The Kier molecular flexibility index (Phi) is 9.53. The number of unbranched alkanes of at least 4 members (excludes halogenated alkanes) is 1. The van der Waals surface area contributed by atoms with Crippen LogP contribution in [0.2, 0.25) is 0 Å². The van der Waals surface area contributed by atoms with Gasteiger partial charge in [0.25, 0.3) is 0 Å². The molecule has 0 aliphatic carbocycles. The number of ether oxygens (including phenoxy) is 1. The first-order valence-electron chi connectivity index (χ1n) is 14.2. The summed E-state index contributed by atoms with van der Waals surface area (Å²) >= 11 is 0. The zero-order valence-electron chi connectivity index (χ0n) is 23.3. The number of carboxylic acids is 1. The molecular weight excluding hydrogens is 522 g/mol. The molecule has 0 saturated carbocycles. The highest BCUT2D eigenvalue weighted by Gasteiger charge is 2.21. The molecule has 4 aromatic rings. The lowest BCUT2D eigenvalue weighted by molar-refractivity contribution is -0.138. The van der Waals surface area contributed by atoms with Crippen LogP contribution in [-0.4, -0.2) is 84.9 Å². The van der Waals surface area contributed by atoms with Crippen molar-refractivity contribution in [2.24, 2.45) is 0 Å². The highest BCUT2D eigenvalue weighted by atomic mass is 16.5. The molecular formula is C29H37N9O3. The van der Waals surface area contributed by atoms with E-state index in [0.29, 0.717) is 43.0 Å². The van der Waals surface area contributed by atoms with Gasteiger partial charge in [0.15, 0.2) is 5.82 Å². The fourth-order valence-corrected chi connectivity index (χ4v) is 4.93. The molecule has 216 valence electrons. The summed E-state index contributed by atoms with van der Waals surface area (Å²) in [5, 5.41) is 23.2. The van der Waals surface area contributed by atoms with Crippen LogP contribution in [0.5, 0.6) is 5.75 Å². The lowest BCUT2D eigenvalue weighted by atomic mass is 10.1. The number of hydrogen-bond acceptors (Lipinski definition) is 10. The Balaban J connectivity index is 1.16. The van der Waals surface area contributed by atoms with Crippen molar-refractivity contribution in [3.05, 3.63) is 59.9 Å². The summed E-state index contributed by atoms with van der Waals surface area (Å²) in [6.07, 6.45) is 10.2. The smallest absolute Gasteiger partial charge is 0.326 e. The Bertz CT molecular complexity index is 1430. The minimum absolute atomic E-state index is 0.388. The number of anilines is 2. The number of pyridine rings is 2. The number of H-pyrrole nitrogens is 1. The summed E-state index contributed by atoms with van der Waals surface area (Å²) in [5.74, 6) is 1.24. The maximum absolute atomic E-state index is 12.1. The molecule has 0 bridgehead atoms. The predicted molar refractivity (Wildman–Crippen MR) is 156 cm³/mol. The Labute approximate surface area is 239 Å². The van der Waals surface area contributed by atoms with E-state index in [4.69, 9.17) is 9.72 Å². The van der Waals surface area contributed by atoms with Gasteiger partial charge in [-0.25, -0.2) is 19.7 Å². The van der Waals surface area contributed by atoms with Gasteiger partial charge in [0, 0.05) is 31.0 Å². The third-order valence-electron chi connectivity index (χ3n) is 7.25. The number of aromatic amines is 1. The van der Waals surface area contributed by atoms with Crippen LogP contribution in [-0.2, 0) is 17.6 Å². The molecule has 0 radical (unpaired) electrons. The molecule has 5 rings (SSSR count). The molecule has 41 heavy (non-hydrogen) atoms. The molecule has 0 amide bonds. The first kappa shape index (κ1) is 28.2. The van der Waals surface area contributed by atoms with E-state index >= 15 is 0 Å². The predicted octanol–water partition coefficient (Wildman–Crippen LogP) is 3.47. The number of nitrogens with zero attached hydrogens (tertiary/aromatic N) is 6. The maximum atomic E-state index is 12.1. The van der Waals surface area contributed by atoms with E-state index in [1.165, 1.54) is 11.9 Å². The third-order valence-corrected chi connectivity index (χ3v) is 7.25. The second kappa shape index (κ2) is 13.8. The number of rotatable bonds is 15. The highest BCUT2D eigenvalue weighted by molar-refractivity contribution is 5.87. The number of aromatic nitrogens is 6. The van der Waals surface area contributed by atoms with Crippen molar-refractivity contribution in [3.8, 4) is 5.75 Å². The van der Waals surface area contributed by atoms with E-state index in [-0.39, 0.29) is 0 Å². The van der Waals surface area contributed by atoms with Gasteiger partial charge in [0.2, 0.25) is 0 Å². The van der Waals surface area contributed by atoms with E-state index in [9.17, 15) is 9.90 Å². The van der Waals surface area contributed by atoms with Crippen molar-refractivity contribution in [3.63, 3.8) is 0 Å². The van der Waals surface area contributed by atoms with Gasteiger partial charge in [0.05, 0.1) is 12.4 Å². The largest absolute Gasteiger partial charge is 0.491 e. The van der Waals surface area contributed by atoms with Crippen molar-refractivity contribution in [2.75, 3.05) is 43.4 Å². The van der Waals surface area contributed by atoms with Gasteiger partial charge >= 0.3 is 5.97 Å². The standard InChI is InChI=1S/C29H37N9O3/c1-20-7-10-23(17-31-20)41-16-15-38(13-3-2-6-22-9-8-21-5-4-12-30-27(21)35-22)14-11-24(29(39)40)36-28-26-25(18-34-37-26)32-19-33-28/h7-10,17-19,24H,2-6,11-16H2,1H3,(H,30,35)(H,34,37)(H,39,40)(H,32,33,36). The SMILES string of the molecule is Cc1ccc(OCCN(CCCCc2ccc3c(n2)NCCC3)CCC(Nc2ncnc3cn[nH]c23)C(=O)O)cn1. The van der Waals surface area contributed by atoms with Gasteiger partial charge in [-0.15, -0.1) is 0 Å². The minimum Gasteiger partial charge on any atom is -0.491 e. The average molecular weight is 560 g/mol. The second-order valence-corrected chi connectivity index (χ2v) is 10.3. The molecule has 0 aromatic carbocycles. The Hall–Kier alpha value is -4.32. The zero-order chi connectivity index (χ0) is 28.4. The zero-order valence-corrected chi connectivity index (χ0v) is 23.3. The van der Waals surface area contributed by atoms with E-state index in [1.807, 2.05) is 19.1 Å². The number of aliphatic carboxylic acids is 1. The molecule has 1 atom stereocenters. The average Bonchev–Trinajstić information content (AvgIpc) is 3.47. The van der Waals surface area contributed by atoms with Crippen LogP contribution in [0.15, 0.2) is 43.0 Å². The van der Waals surface area contributed by atoms with Gasteiger partial charge in [-0.3, -0.25) is 15.0 Å². The first-order chi connectivity index (χ1) is 20.0. The fraction of sp³-hybridized carbons (Fsp3) is 0.448. The van der Waals surface area contributed by atoms with Crippen LogP contribution in [0.1, 0.15) is 42.6 Å². The van der Waals surface area contributed by atoms with Crippen molar-refractivity contribution >= 4 is 28.6 Å². The normalized spacial score (nSPS) is 13.5. The number of aryl methyl sites for hydroxylation is 3. The minimum atomic E-state index is -0.940. The molecule has 1 aliphatic heterocycles. The summed E-state index contributed by atoms with van der Waals surface area (Å²) < 4.78 is 5.93. The number of carbonyl (C=O) groups is 1. The number of nitrogens with one attached hydrogen (secondary N) is 3. The van der Waals surface area contributed by atoms with Gasteiger partial charge in [-0.1, -0.05) is 6.07 Å². The van der Waals surface area contributed by atoms with Crippen LogP contribution in [0.25, 0.3) is 11.0 Å². The lowest BCUT2D eigenvalue weighted by Crippen LogP contribution is -2.37. The molecule has 0 fully saturated rings. The molecule has 0 spiro atoms. The maximum Gasteiger partial charge on any atom is 0.326 e. The Morgan fingerprint density at radius 2 is 2.05 bits per heavy atom. The quantitative estimate of drug-likeness (QED) is 0.158. The van der Waals surface area contributed by atoms with Gasteiger partial charge in [0.1, 0.15) is 41.6 Å². The summed E-state index contributed by atoms with van der Waals surface area (Å²) in [6, 6.07) is 7.34. The summed E-state index contributed by atoms with van der Waals surface area (Å²) in [5.41, 5.74) is 4.55. The van der Waals surface area contributed by atoms with Gasteiger partial charge in [-0.05, 0) is 75.8 Å². The molecule has 12 heteroatoms. The lowest BCUT2D eigenvalue weighted by Gasteiger charge is -2.24. The molecule has 4 N–H and O–H groups in total. The number of carboxylic acid groups (broad SMARTS) is 1. The summed E-state index contributed by atoms with van der Waals surface area (Å²) in [4.78, 5) is 31.9. The molecule has 5 heterocycles. The van der Waals surface area contributed by atoms with E-state index in [1.54, 1.807) is 12.4 Å². The number of hydrogen-bond donors (Lipinski definition) is 4. The van der Waals surface area contributed by atoms with Crippen LogP contribution in [0, 0.1) is 6.92 Å².